The largest absolute Gasteiger partial charge is 0.349 e. The molecular weight excluding hydrogens is 317 g/mol. The van der Waals surface area contributed by atoms with Crippen molar-refractivity contribution in [2.75, 3.05) is 0 Å². The fraction of sp³-hybridized carbons (Fsp3) is 0.278. The Morgan fingerprint density at radius 1 is 1.00 bits per heavy atom. The van der Waals surface area contributed by atoms with Gasteiger partial charge in [0.1, 0.15) is 0 Å². The molecule has 0 aliphatic heterocycles. The Hall–Kier alpha value is -1.51. The molecule has 2 aromatic carbocycles. The molecule has 1 unspecified atom stereocenters. The van der Waals surface area contributed by atoms with E-state index in [4.69, 9.17) is 23.2 Å². The van der Waals surface area contributed by atoms with Crippen molar-refractivity contribution < 1.29 is 4.79 Å². The van der Waals surface area contributed by atoms with Gasteiger partial charge in [-0.2, -0.15) is 0 Å². The van der Waals surface area contributed by atoms with Crippen LogP contribution in [0.25, 0.3) is 0 Å². The summed E-state index contributed by atoms with van der Waals surface area (Å²) in [6.45, 7) is 1.99. The van der Waals surface area contributed by atoms with Crippen molar-refractivity contribution in [2.45, 2.75) is 31.2 Å². The summed E-state index contributed by atoms with van der Waals surface area (Å²) >= 11 is 11.8. The molecule has 4 heteroatoms. The Balaban J connectivity index is 1.74. The first-order valence-electron chi connectivity index (χ1n) is 7.34. The van der Waals surface area contributed by atoms with Crippen molar-refractivity contribution in [1.82, 2.24) is 5.32 Å². The molecular formula is C18H17Cl2NO. The fourth-order valence-electron chi connectivity index (χ4n) is 2.71. The van der Waals surface area contributed by atoms with Crippen molar-refractivity contribution in [3.8, 4) is 0 Å². The first-order valence-corrected chi connectivity index (χ1v) is 8.09. The number of carbonyl (C=O) groups excluding carboxylic acids is 1. The van der Waals surface area contributed by atoms with Crippen molar-refractivity contribution in [3.05, 3.63) is 69.7 Å². The molecule has 114 valence electrons. The topological polar surface area (TPSA) is 29.1 Å². The summed E-state index contributed by atoms with van der Waals surface area (Å²) in [4.78, 5) is 12.7. The smallest absolute Gasteiger partial charge is 0.231 e. The zero-order valence-electron chi connectivity index (χ0n) is 12.3. The highest BCUT2D eigenvalue weighted by atomic mass is 35.5. The quantitative estimate of drug-likeness (QED) is 0.846. The van der Waals surface area contributed by atoms with Gasteiger partial charge in [-0.1, -0.05) is 47.5 Å². The van der Waals surface area contributed by atoms with Crippen molar-refractivity contribution in [1.29, 1.82) is 0 Å². The lowest BCUT2D eigenvalue weighted by Crippen LogP contribution is -2.36. The third-order valence-corrected chi connectivity index (χ3v) is 4.80. The summed E-state index contributed by atoms with van der Waals surface area (Å²) in [6, 6.07) is 15.1. The van der Waals surface area contributed by atoms with Gasteiger partial charge < -0.3 is 5.32 Å². The van der Waals surface area contributed by atoms with E-state index in [-0.39, 0.29) is 17.4 Å². The van der Waals surface area contributed by atoms with Crippen molar-refractivity contribution in [3.63, 3.8) is 0 Å². The van der Waals surface area contributed by atoms with Gasteiger partial charge in [-0.15, -0.1) is 0 Å². The second-order valence-electron chi connectivity index (χ2n) is 5.84. The van der Waals surface area contributed by atoms with E-state index in [0.717, 1.165) is 24.0 Å². The SMILES string of the molecule is CC(NC(=O)C1(c2ccc(Cl)cc2)CC1)c1ccc(Cl)cc1. The van der Waals surface area contributed by atoms with Gasteiger partial charge in [0.25, 0.3) is 0 Å². The third-order valence-electron chi connectivity index (χ3n) is 4.30. The van der Waals surface area contributed by atoms with Crippen LogP contribution in [0.1, 0.15) is 36.9 Å². The highest BCUT2D eigenvalue weighted by molar-refractivity contribution is 6.30. The van der Waals surface area contributed by atoms with Gasteiger partial charge in [0.2, 0.25) is 5.91 Å². The minimum Gasteiger partial charge on any atom is -0.349 e. The molecule has 1 N–H and O–H groups in total. The van der Waals surface area contributed by atoms with Gasteiger partial charge in [0, 0.05) is 10.0 Å². The number of amides is 1. The van der Waals surface area contributed by atoms with Gasteiger partial charge in [-0.3, -0.25) is 4.79 Å². The number of carbonyl (C=O) groups is 1. The summed E-state index contributed by atoms with van der Waals surface area (Å²) < 4.78 is 0. The Morgan fingerprint density at radius 3 is 2.00 bits per heavy atom. The average molecular weight is 334 g/mol. The predicted octanol–water partition coefficient (Wildman–Crippen LogP) is 4.90. The minimum absolute atomic E-state index is 0.0467. The van der Waals surface area contributed by atoms with Crippen molar-refractivity contribution in [2.24, 2.45) is 0 Å². The van der Waals surface area contributed by atoms with E-state index in [9.17, 15) is 4.79 Å². The number of hydrogen-bond donors (Lipinski definition) is 1. The molecule has 0 spiro atoms. The monoisotopic (exact) mass is 333 g/mol. The van der Waals surface area contributed by atoms with Gasteiger partial charge in [0.15, 0.2) is 0 Å². The maximum absolute atomic E-state index is 12.7. The molecule has 3 rings (SSSR count). The summed E-state index contributed by atoms with van der Waals surface area (Å²) in [5.41, 5.74) is 1.70. The molecule has 0 radical (unpaired) electrons. The molecule has 2 nitrogen and oxygen atoms in total. The van der Waals surface area contributed by atoms with Crippen LogP contribution in [0.3, 0.4) is 0 Å². The van der Waals surface area contributed by atoms with Crippen LogP contribution in [0.4, 0.5) is 0 Å². The minimum atomic E-state index is -0.384. The standard InChI is InChI=1S/C18H17Cl2NO/c1-12(13-2-6-15(19)7-3-13)21-17(22)18(10-11-18)14-4-8-16(20)9-5-14/h2-9,12H,10-11H2,1H3,(H,21,22). The lowest BCUT2D eigenvalue weighted by molar-refractivity contribution is -0.124. The van der Waals surface area contributed by atoms with Gasteiger partial charge >= 0.3 is 0 Å². The third kappa shape index (κ3) is 2.99. The number of rotatable bonds is 4. The second-order valence-corrected chi connectivity index (χ2v) is 6.71. The summed E-state index contributed by atoms with van der Waals surface area (Å²) in [5.74, 6) is 0.0808. The summed E-state index contributed by atoms with van der Waals surface area (Å²) in [6.07, 6.45) is 1.77. The molecule has 1 aliphatic carbocycles. The van der Waals surface area contributed by atoms with E-state index in [1.54, 1.807) is 0 Å². The van der Waals surface area contributed by atoms with E-state index in [1.807, 2.05) is 55.5 Å². The van der Waals surface area contributed by atoms with Crippen LogP contribution < -0.4 is 5.32 Å². The van der Waals surface area contributed by atoms with E-state index in [0.29, 0.717) is 10.0 Å². The Labute approximate surface area is 140 Å². The number of nitrogens with one attached hydrogen (secondary N) is 1. The van der Waals surface area contributed by atoms with Crippen LogP contribution in [0, 0.1) is 0 Å². The van der Waals surface area contributed by atoms with E-state index in [2.05, 4.69) is 5.32 Å². The predicted molar refractivity (Wildman–Crippen MR) is 90.4 cm³/mol. The van der Waals surface area contributed by atoms with Gasteiger partial charge in [0.05, 0.1) is 11.5 Å². The molecule has 1 saturated carbocycles. The van der Waals surface area contributed by atoms with E-state index >= 15 is 0 Å². The highest BCUT2D eigenvalue weighted by Crippen LogP contribution is 2.48. The maximum atomic E-state index is 12.7. The Kier molecular flexibility index (Phi) is 4.16. The van der Waals surface area contributed by atoms with Gasteiger partial charge in [-0.05, 0) is 55.2 Å². The fourth-order valence-corrected chi connectivity index (χ4v) is 2.96. The normalized spacial score (nSPS) is 16.9. The van der Waals surface area contributed by atoms with Crippen LogP contribution in [0.2, 0.25) is 10.0 Å². The molecule has 0 saturated heterocycles. The molecule has 1 fully saturated rings. The van der Waals surface area contributed by atoms with Crippen LogP contribution in [0.15, 0.2) is 48.5 Å². The van der Waals surface area contributed by atoms with Crippen molar-refractivity contribution >= 4 is 29.1 Å². The molecule has 1 aliphatic rings. The second kappa shape index (κ2) is 5.94. The van der Waals surface area contributed by atoms with E-state index in [1.165, 1.54) is 0 Å². The first kappa shape index (κ1) is 15.4. The van der Waals surface area contributed by atoms with Gasteiger partial charge in [-0.25, -0.2) is 0 Å². The zero-order chi connectivity index (χ0) is 15.7. The first-order chi connectivity index (χ1) is 10.5. The highest BCUT2D eigenvalue weighted by Gasteiger charge is 2.51. The Morgan fingerprint density at radius 2 is 1.50 bits per heavy atom. The summed E-state index contributed by atoms with van der Waals surface area (Å²) in [7, 11) is 0. The molecule has 1 amide bonds. The molecule has 0 bridgehead atoms. The van der Waals surface area contributed by atoms with Crippen LogP contribution in [-0.2, 0) is 10.2 Å². The number of halogens is 2. The van der Waals surface area contributed by atoms with Crippen LogP contribution in [0.5, 0.6) is 0 Å². The molecule has 2 aromatic rings. The lowest BCUT2D eigenvalue weighted by Gasteiger charge is -2.20. The number of benzene rings is 2. The molecule has 1 atom stereocenters. The lowest BCUT2D eigenvalue weighted by atomic mass is 9.94. The molecule has 0 heterocycles. The maximum Gasteiger partial charge on any atom is 0.231 e. The van der Waals surface area contributed by atoms with E-state index < -0.39 is 0 Å². The van der Waals surface area contributed by atoms with Crippen LogP contribution in [-0.4, -0.2) is 5.91 Å². The zero-order valence-corrected chi connectivity index (χ0v) is 13.8. The number of hydrogen-bond acceptors (Lipinski definition) is 1. The molecule has 22 heavy (non-hydrogen) atoms. The Bertz CT molecular complexity index is 675. The average Bonchev–Trinajstić information content (AvgIpc) is 3.30. The summed E-state index contributed by atoms with van der Waals surface area (Å²) in [5, 5.41) is 4.50. The molecule has 0 aromatic heterocycles. The van der Waals surface area contributed by atoms with Crippen LogP contribution >= 0.6 is 23.2 Å².